The topological polar surface area (TPSA) is 88.9 Å². The monoisotopic (exact) mass is 509 g/mol. The van der Waals surface area contributed by atoms with Gasteiger partial charge in [-0.25, -0.2) is 0 Å². The molecule has 0 fully saturated rings. The van der Waals surface area contributed by atoms with Gasteiger partial charge in [-0.2, -0.15) is 0 Å². The van der Waals surface area contributed by atoms with Gasteiger partial charge in [-0.1, -0.05) is 64.8 Å². The molecule has 11 heteroatoms. The van der Waals surface area contributed by atoms with E-state index < -0.39 is 0 Å². The Bertz CT molecular complexity index is 1150. The van der Waals surface area contributed by atoms with Crippen molar-refractivity contribution in [2.45, 2.75) is 18.2 Å². The van der Waals surface area contributed by atoms with E-state index in [1.807, 2.05) is 0 Å². The summed E-state index contributed by atoms with van der Waals surface area (Å²) in [5.74, 6) is 0.0457. The Kier molecular flexibility index (Phi) is 8.58. The SMILES string of the molecule is C=CCn1c(CNC(=O)c2cccc(Cl)c2)nnc1SCC(=O)Nc1cccc(Cl)c1Cl. The van der Waals surface area contributed by atoms with Crippen LogP contribution in [0.25, 0.3) is 0 Å². The Balaban J connectivity index is 1.62. The summed E-state index contributed by atoms with van der Waals surface area (Å²) in [6.45, 7) is 4.31. The molecule has 0 spiro atoms. The summed E-state index contributed by atoms with van der Waals surface area (Å²) in [6.07, 6.45) is 1.68. The van der Waals surface area contributed by atoms with Gasteiger partial charge in [0, 0.05) is 17.1 Å². The molecule has 166 valence electrons. The predicted molar refractivity (Wildman–Crippen MR) is 129 cm³/mol. The third-order valence-electron chi connectivity index (χ3n) is 4.16. The molecule has 0 saturated heterocycles. The summed E-state index contributed by atoms with van der Waals surface area (Å²) in [5.41, 5.74) is 0.875. The van der Waals surface area contributed by atoms with Crippen LogP contribution < -0.4 is 10.6 Å². The van der Waals surface area contributed by atoms with Crippen molar-refractivity contribution in [3.05, 3.63) is 81.6 Å². The highest BCUT2D eigenvalue weighted by Gasteiger charge is 2.16. The molecule has 1 heterocycles. The van der Waals surface area contributed by atoms with Crippen molar-refractivity contribution >= 4 is 64.1 Å². The smallest absolute Gasteiger partial charge is 0.251 e. The molecule has 2 N–H and O–H groups in total. The average Bonchev–Trinajstić information content (AvgIpc) is 3.15. The lowest BCUT2D eigenvalue weighted by atomic mass is 10.2. The van der Waals surface area contributed by atoms with Crippen molar-refractivity contribution in [1.82, 2.24) is 20.1 Å². The van der Waals surface area contributed by atoms with Crippen LogP contribution in [0, 0.1) is 0 Å². The van der Waals surface area contributed by atoms with Crippen molar-refractivity contribution in [2.75, 3.05) is 11.1 Å². The van der Waals surface area contributed by atoms with Gasteiger partial charge in [-0.05, 0) is 30.3 Å². The number of hydrogen-bond acceptors (Lipinski definition) is 5. The summed E-state index contributed by atoms with van der Waals surface area (Å²) in [6, 6.07) is 11.6. The molecule has 0 aliphatic rings. The Morgan fingerprint density at radius 2 is 1.91 bits per heavy atom. The molecular weight excluding hydrogens is 493 g/mol. The van der Waals surface area contributed by atoms with E-state index in [1.165, 1.54) is 11.8 Å². The fraction of sp³-hybridized carbons (Fsp3) is 0.143. The second kappa shape index (κ2) is 11.4. The first-order chi connectivity index (χ1) is 15.4. The van der Waals surface area contributed by atoms with Gasteiger partial charge in [0.2, 0.25) is 5.91 Å². The van der Waals surface area contributed by atoms with Crippen molar-refractivity contribution < 1.29 is 9.59 Å². The number of thioether (sulfide) groups is 1. The van der Waals surface area contributed by atoms with Gasteiger partial charge in [-0.3, -0.25) is 9.59 Å². The molecule has 2 amide bonds. The Labute approximate surface area is 204 Å². The van der Waals surface area contributed by atoms with Crippen LogP contribution in [-0.2, 0) is 17.9 Å². The molecule has 3 aromatic rings. The number of rotatable bonds is 9. The third kappa shape index (κ3) is 6.26. The number of carbonyl (C=O) groups is 2. The minimum absolute atomic E-state index is 0.0764. The Morgan fingerprint density at radius 1 is 1.12 bits per heavy atom. The van der Waals surface area contributed by atoms with Crippen LogP contribution in [0.2, 0.25) is 15.1 Å². The van der Waals surface area contributed by atoms with Gasteiger partial charge in [0.05, 0.1) is 28.0 Å². The second-order valence-corrected chi connectivity index (χ2v) is 8.59. The van der Waals surface area contributed by atoms with E-state index in [0.29, 0.717) is 38.8 Å². The van der Waals surface area contributed by atoms with Gasteiger partial charge in [0.25, 0.3) is 5.91 Å². The highest BCUT2D eigenvalue weighted by molar-refractivity contribution is 7.99. The summed E-state index contributed by atoms with van der Waals surface area (Å²) >= 11 is 19.2. The quantitative estimate of drug-likeness (QED) is 0.309. The number of anilines is 1. The summed E-state index contributed by atoms with van der Waals surface area (Å²) < 4.78 is 1.77. The van der Waals surface area contributed by atoms with Gasteiger partial charge >= 0.3 is 0 Å². The Hall–Kier alpha value is -2.52. The molecule has 0 bridgehead atoms. The van der Waals surface area contributed by atoms with Crippen LogP contribution >= 0.6 is 46.6 Å². The van der Waals surface area contributed by atoms with Crippen LogP contribution in [0.5, 0.6) is 0 Å². The van der Waals surface area contributed by atoms with Gasteiger partial charge < -0.3 is 15.2 Å². The Morgan fingerprint density at radius 3 is 2.66 bits per heavy atom. The van der Waals surface area contributed by atoms with Crippen LogP contribution in [0.1, 0.15) is 16.2 Å². The lowest BCUT2D eigenvalue weighted by Crippen LogP contribution is -2.24. The van der Waals surface area contributed by atoms with E-state index >= 15 is 0 Å². The number of nitrogens with one attached hydrogen (secondary N) is 2. The highest BCUT2D eigenvalue weighted by atomic mass is 35.5. The molecule has 0 atom stereocenters. The van der Waals surface area contributed by atoms with E-state index in [4.69, 9.17) is 34.8 Å². The fourth-order valence-electron chi connectivity index (χ4n) is 2.68. The largest absolute Gasteiger partial charge is 0.345 e. The van der Waals surface area contributed by atoms with E-state index in [1.54, 1.807) is 53.1 Å². The maximum absolute atomic E-state index is 12.4. The molecule has 0 unspecified atom stereocenters. The molecule has 0 aliphatic heterocycles. The zero-order valence-corrected chi connectivity index (χ0v) is 19.7. The molecule has 2 aromatic carbocycles. The van der Waals surface area contributed by atoms with E-state index in [0.717, 1.165) is 0 Å². The van der Waals surface area contributed by atoms with Crippen molar-refractivity contribution in [3.8, 4) is 0 Å². The van der Waals surface area contributed by atoms with E-state index in [-0.39, 0.29) is 29.1 Å². The van der Waals surface area contributed by atoms with Gasteiger partial charge in [0.15, 0.2) is 11.0 Å². The molecule has 0 aliphatic carbocycles. The number of amides is 2. The number of halogens is 3. The number of aromatic nitrogens is 3. The minimum atomic E-state index is -0.285. The third-order valence-corrected chi connectivity index (χ3v) is 6.18. The van der Waals surface area contributed by atoms with Crippen LogP contribution in [0.4, 0.5) is 5.69 Å². The van der Waals surface area contributed by atoms with Crippen molar-refractivity contribution in [3.63, 3.8) is 0 Å². The number of allylic oxidation sites excluding steroid dienone is 1. The fourth-order valence-corrected chi connectivity index (χ4v) is 3.98. The zero-order valence-electron chi connectivity index (χ0n) is 16.6. The standard InChI is InChI=1S/C21H18Cl3N5O2S/c1-2-9-29-17(11-25-20(31)13-5-3-6-14(22)10-13)27-28-21(29)32-12-18(30)26-16-8-4-7-15(23)19(16)24/h2-8,10H,1,9,11-12H2,(H,25,31)(H,26,30). The second-order valence-electron chi connectivity index (χ2n) is 6.43. The molecule has 1 aromatic heterocycles. The summed E-state index contributed by atoms with van der Waals surface area (Å²) in [4.78, 5) is 24.7. The molecule has 32 heavy (non-hydrogen) atoms. The average molecular weight is 511 g/mol. The first kappa shape index (κ1) is 24.1. The molecule has 0 radical (unpaired) electrons. The maximum Gasteiger partial charge on any atom is 0.251 e. The highest BCUT2D eigenvalue weighted by Crippen LogP contribution is 2.29. The van der Waals surface area contributed by atoms with Crippen LogP contribution in [0.3, 0.4) is 0 Å². The number of hydrogen-bond donors (Lipinski definition) is 2. The zero-order chi connectivity index (χ0) is 23.1. The van der Waals surface area contributed by atoms with E-state index in [2.05, 4.69) is 27.4 Å². The first-order valence-electron chi connectivity index (χ1n) is 9.32. The lowest BCUT2D eigenvalue weighted by molar-refractivity contribution is -0.113. The number of carbonyl (C=O) groups excluding carboxylic acids is 2. The predicted octanol–water partition coefficient (Wildman–Crippen LogP) is 5.09. The molecule has 0 saturated carbocycles. The number of benzene rings is 2. The van der Waals surface area contributed by atoms with Gasteiger partial charge in [0.1, 0.15) is 0 Å². The lowest BCUT2D eigenvalue weighted by Gasteiger charge is -2.10. The summed E-state index contributed by atoms with van der Waals surface area (Å²) in [5, 5.41) is 15.4. The van der Waals surface area contributed by atoms with Crippen LogP contribution in [-0.4, -0.2) is 32.3 Å². The minimum Gasteiger partial charge on any atom is -0.345 e. The molecular formula is C21H18Cl3N5O2S. The first-order valence-corrected chi connectivity index (χ1v) is 11.4. The maximum atomic E-state index is 12.4. The normalized spacial score (nSPS) is 10.6. The number of nitrogens with zero attached hydrogens (tertiary/aromatic N) is 3. The van der Waals surface area contributed by atoms with Crippen molar-refractivity contribution in [1.29, 1.82) is 0 Å². The van der Waals surface area contributed by atoms with Crippen molar-refractivity contribution in [2.24, 2.45) is 0 Å². The molecule has 3 rings (SSSR count). The summed E-state index contributed by atoms with van der Waals surface area (Å²) in [7, 11) is 0. The molecule has 7 nitrogen and oxygen atoms in total. The van der Waals surface area contributed by atoms with E-state index in [9.17, 15) is 9.59 Å². The van der Waals surface area contributed by atoms with Crippen LogP contribution in [0.15, 0.2) is 60.3 Å². The van der Waals surface area contributed by atoms with Gasteiger partial charge in [-0.15, -0.1) is 16.8 Å².